The van der Waals surface area contributed by atoms with Crippen molar-refractivity contribution in [2.24, 2.45) is 5.73 Å². The van der Waals surface area contributed by atoms with Crippen molar-refractivity contribution in [1.29, 1.82) is 0 Å². The maximum atomic E-state index is 12.8. The molecular formula is C16H27N3O2. The molecule has 0 radical (unpaired) electrons. The Bertz CT molecular complexity index is 406. The van der Waals surface area contributed by atoms with Crippen molar-refractivity contribution in [2.45, 2.75) is 50.7 Å². The Morgan fingerprint density at radius 2 is 2.29 bits per heavy atom. The van der Waals surface area contributed by atoms with E-state index in [0.29, 0.717) is 25.7 Å². The third kappa shape index (κ3) is 3.84. The van der Waals surface area contributed by atoms with Crippen LogP contribution in [0.1, 0.15) is 38.5 Å². The van der Waals surface area contributed by atoms with E-state index in [4.69, 9.17) is 10.5 Å². The Hall–Kier alpha value is -0.910. The minimum absolute atomic E-state index is 0.0785. The third-order valence-electron chi connectivity index (χ3n) is 4.60. The molecule has 3 rings (SSSR count). The smallest absolute Gasteiger partial charge is 0.241 e. The number of hydrogen-bond acceptors (Lipinski definition) is 4. The summed E-state index contributed by atoms with van der Waals surface area (Å²) in [6, 6.07) is 0.466. The molecule has 21 heavy (non-hydrogen) atoms. The first-order chi connectivity index (χ1) is 10.3. The fourth-order valence-electron chi connectivity index (χ4n) is 3.31. The minimum atomic E-state index is 0.0785. The molecule has 0 bridgehead atoms. The molecule has 1 atom stereocenters. The summed E-state index contributed by atoms with van der Waals surface area (Å²) in [5, 5.41) is 0. The monoisotopic (exact) mass is 293 g/mol. The normalized spacial score (nSPS) is 27.3. The first-order valence-electron chi connectivity index (χ1n) is 8.33. The molecule has 0 spiro atoms. The Kier molecular flexibility index (Phi) is 4.93. The summed E-state index contributed by atoms with van der Waals surface area (Å²) in [5.41, 5.74) is 6.95. The van der Waals surface area contributed by atoms with Gasteiger partial charge in [0.05, 0.1) is 19.3 Å². The van der Waals surface area contributed by atoms with Gasteiger partial charge < -0.3 is 15.4 Å². The van der Waals surface area contributed by atoms with E-state index >= 15 is 0 Å². The quantitative estimate of drug-likeness (QED) is 0.824. The van der Waals surface area contributed by atoms with Crippen LogP contribution in [-0.4, -0.2) is 60.6 Å². The summed E-state index contributed by atoms with van der Waals surface area (Å²) in [6.07, 6.45) is 9.36. The van der Waals surface area contributed by atoms with Gasteiger partial charge in [-0.2, -0.15) is 0 Å². The number of carbonyl (C=O) groups is 1. The van der Waals surface area contributed by atoms with Gasteiger partial charge in [0, 0.05) is 31.4 Å². The van der Waals surface area contributed by atoms with E-state index < -0.39 is 0 Å². The van der Waals surface area contributed by atoms with Gasteiger partial charge in [0.2, 0.25) is 5.91 Å². The molecule has 5 nitrogen and oxygen atoms in total. The van der Waals surface area contributed by atoms with E-state index in [0.717, 1.165) is 38.8 Å². The molecule has 118 valence electrons. The highest BCUT2D eigenvalue weighted by Crippen LogP contribution is 2.33. The van der Waals surface area contributed by atoms with E-state index in [1.165, 1.54) is 18.5 Å². The number of rotatable bonds is 5. The minimum Gasteiger partial charge on any atom is -0.374 e. The number of allylic oxidation sites excluding steroid dienone is 2. The molecule has 5 heteroatoms. The van der Waals surface area contributed by atoms with Crippen molar-refractivity contribution < 1.29 is 9.53 Å². The van der Waals surface area contributed by atoms with E-state index in [1.807, 2.05) is 0 Å². The van der Waals surface area contributed by atoms with Crippen molar-refractivity contribution in [2.75, 3.05) is 32.8 Å². The number of carbonyl (C=O) groups excluding carboxylic acids is 1. The molecule has 2 aliphatic carbocycles. The van der Waals surface area contributed by atoms with Crippen LogP contribution < -0.4 is 5.73 Å². The molecule has 1 unspecified atom stereocenters. The van der Waals surface area contributed by atoms with E-state index in [1.54, 1.807) is 0 Å². The molecule has 1 amide bonds. The fourth-order valence-corrected chi connectivity index (χ4v) is 3.31. The van der Waals surface area contributed by atoms with Crippen molar-refractivity contribution in [3.8, 4) is 0 Å². The van der Waals surface area contributed by atoms with Gasteiger partial charge >= 0.3 is 0 Å². The fraction of sp³-hybridized carbons (Fsp3) is 0.812. The van der Waals surface area contributed by atoms with Crippen LogP contribution in [0.2, 0.25) is 0 Å². The molecule has 0 aromatic heterocycles. The first kappa shape index (κ1) is 15.0. The second-order valence-corrected chi connectivity index (χ2v) is 6.40. The highest BCUT2D eigenvalue weighted by molar-refractivity contribution is 5.80. The summed E-state index contributed by atoms with van der Waals surface area (Å²) in [7, 11) is 0. The van der Waals surface area contributed by atoms with E-state index in [2.05, 4.69) is 15.9 Å². The Labute approximate surface area is 127 Å². The zero-order chi connectivity index (χ0) is 14.7. The van der Waals surface area contributed by atoms with Crippen LogP contribution in [-0.2, 0) is 9.53 Å². The van der Waals surface area contributed by atoms with Gasteiger partial charge in [-0.25, -0.2) is 0 Å². The average molecular weight is 293 g/mol. The summed E-state index contributed by atoms with van der Waals surface area (Å²) in [5.74, 6) is 0.267. The number of nitrogens with two attached hydrogens (primary N) is 1. The van der Waals surface area contributed by atoms with Crippen molar-refractivity contribution >= 4 is 5.91 Å². The molecule has 1 heterocycles. The Balaban J connectivity index is 1.60. The lowest BCUT2D eigenvalue weighted by Crippen LogP contribution is -2.49. The lowest BCUT2D eigenvalue weighted by molar-refractivity contribution is -0.133. The van der Waals surface area contributed by atoms with Gasteiger partial charge in [-0.1, -0.05) is 6.08 Å². The van der Waals surface area contributed by atoms with E-state index in [9.17, 15) is 4.79 Å². The number of hydrogen-bond donors (Lipinski definition) is 1. The lowest BCUT2D eigenvalue weighted by Gasteiger charge is -2.34. The molecule has 0 aromatic carbocycles. The summed E-state index contributed by atoms with van der Waals surface area (Å²) < 4.78 is 5.57. The van der Waals surface area contributed by atoms with Crippen LogP contribution >= 0.6 is 0 Å². The predicted molar refractivity (Wildman–Crippen MR) is 81.7 cm³/mol. The third-order valence-corrected chi connectivity index (χ3v) is 4.60. The molecule has 1 saturated carbocycles. The van der Waals surface area contributed by atoms with Crippen LogP contribution in [0.25, 0.3) is 0 Å². The van der Waals surface area contributed by atoms with Gasteiger partial charge in [-0.05, 0) is 38.5 Å². The van der Waals surface area contributed by atoms with Crippen LogP contribution in [0, 0.1) is 0 Å². The molecular weight excluding hydrogens is 266 g/mol. The largest absolute Gasteiger partial charge is 0.374 e. The van der Waals surface area contributed by atoms with Crippen LogP contribution in [0.15, 0.2) is 11.8 Å². The van der Waals surface area contributed by atoms with Crippen LogP contribution in [0.3, 0.4) is 0 Å². The number of amides is 1. The van der Waals surface area contributed by atoms with Gasteiger partial charge in [0.1, 0.15) is 0 Å². The summed E-state index contributed by atoms with van der Waals surface area (Å²) in [6.45, 7) is 3.33. The molecule has 2 N–H and O–H groups in total. The van der Waals surface area contributed by atoms with Gasteiger partial charge in [-0.3, -0.25) is 9.69 Å². The SMILES string of the molecule is NCC1CN(CC(=O)N(C2=CCCCC2)C2CC2)CCO1. The van der Waals surface area contributed by atoms with E-state index in [-0.39, 0.29) is 12.0 Å². The molecule has 2 fully saturated rings. The predicted octanol–water partition coefficient (Wildman–Crippen LogP) is 1.09. The number of ether oxygens (including phenoxy) is 1. The topological polar surface area (TPSA) is 58.8 Å². The van der Waals surface area contributed by atoms with Crippen molar-refractivity contribution in [3.63, 3.8) is 0 Å². The molecule has 1 saturated heterocycles. The van der Waals surface area contributed by atoms with Gasteiger partial charge in [0.25, 0.3) is 0 Å². The second kappa shape index (κ2) is 6.90. The highest BCUT2D eigenvalue weighted by atomic mass is 16.5. The highest BCUT2D eigenvalue weighted by Gasteiger charge is 2.36. The van der Waals surface area contributed by atoms with Crippen LogP contribution in [0.5, 0.6) is 0 Å². The summed E-state index contributed by atoms with van der Waals surface area (Å²) >= 11 is 0. The maximum Gasteiger partial charge on any atom is 0.241 e. The second-order valence-electron chi connectivity index (χ2n) is 6.40. The maximum absolute atomic E-state index is 12.8. The lowest BCUT2D eigenvalue weighted by atomic mass is 10.0. The van der Waals surface area contributed by atoms with Crippen LogP contribution in [0.4, 0.5) is 0 Å². The van der Waals surface area contributed by atoms with Crippen molar-refractivity contribution in [3.05, 3.63) is 11.8 Å². The zero-order valence-corrected chi connectivity index (χ0v) is 12.8. The molecule has 3 aliphatic rings. The van der Waals surface area contributed by atoms with Gasteiger partial charge in [0.15, 0.2) is 0 Å². The zero-order valence-electron chi connectivity index (χ0n) is 12.8. The average Bonchev–Trinajstić information content (AvgIpc) is 3.33. The first-order valence-corrected chi connectivity index (χ1v) is 8.33. The Morgan fingerprint density at radius 1 is 1.43 bits per heavy atom. The Morgan fingerprint density at radius 3 is 2.95 bits per heavy atom. The number of morpholine rings is 1. The van der Waals surface area contributed by atoms with Crippen molar-refractivity contribution in [1.82, 2.24) is 9.80 Å². The molecule has 0 aromatic rings. The summed E-state index contributed by atoms with van der Waals surface area (Å²) in [4.78, 5) is 17.1. The van der Waals surface area contributed by atoms with Gasteiger partial charge in [-0.15, -0.1) is 0 Å². The molecule has 1 aliphatic heterocycles. The number of nitrogens with zero attached hydrogens (tertiary/aromatic N) is 2. The standard InChI is InChI=1S/C16H27N3O2/c17-10-15-11-18(8-9-21-15)12-16(20)19(14-6-7-14)13-4-2-1-3-5-13/h4,14-15H,1-3,5-12,17H2.